The third-order valence-electron chi connectivity index (χ3n) is 13.3. The van der Waals surface area contributed by atoms with Crippen LogP contribution in [0.25, 0.3) is 112 Å². The van der Waals surface area contributed by atoms with Gasteiger partial charge in [0.2, 0.25) is 0 Å². The smallest absolute Gasteiger partial charge is 0.164 e. The van der Waals surface area contributed by atoms with E-state index in [9.17, 15) is 0 Å². The Bertz CT molecular complexity index is 3830. The molecule has 0 amide bonds. The van der Waals surface area contributed by atoms with E-state index in [0.29, 0.717) is 34.9 Å². The molecule has 7 nitrogen and oxygen atoms in total. The van der Waals surface area contributed by atoms with E-state index in [1.54, 1.807) is 0 Å². The molecule has 0 saturated carbocycles. The normalized spacial score (nSPS) is 11.3. The van der Waals surface area contributed by atoms with Crippen molar-refractivity contribution >= 4 is 49.4 Å². The van der Waals surface area contributed by atoms with Crippen molar-refractivity contribution < 1.29 is 0 Å². The van der Waals surface area contributed by atoms with Crippen LogP contribution in [0.1, 0.15) is 0 Å². The first-order valence-corrected chi connectivity index (χ1v) is 24.3. The van der Waals surface area contributed by atoms with Crippen molar-refractivity contribution in [2.24, 2.45) is 0 Å². The second-order valence-electron chi connectivity index (χ2n) is 17.9. The molecule has 0 bridgehead atoms. The van der Waals surface area contributed by atoms with Gasteiger partial charge < -0.3 is 4.90 Å². The molecule has 0 spiro atoms. The van der Waals surface area contributed by atoms with E-state index in [4.69, 9.17) is 29.9 Å². The predicted molar refractivity (Wildman–Crippen MR) is 298 cm³/mol. The Morgan fingerprint density at radius 1 is 0.205 bits per heavy atom. The van der Waals surface area contributed by atoms with Gasteiger partial charge in [-0.05, 0) is 116 Å². The monoisotopic (exact) mass is 933 g/mol. The molecular weight excluding hydrogens is 891 g/mol. The van der Waals surface area contributed by atoms with Gasteiger partial charge in [-0.2, -0.15) is 0 Å². The number of aromatic nitrogens is 6. The molecule has 0 saturated heterocycles. The van der Waals surface area contributed by atoms with Crippen molar-refractivity contribution in [1.29, 1.82) is 0 Å². The Morgan fingerprint density at radius 3 is 0.986 bits per heavy atom. The zero-order valence-electron chi connectivity index (χ0n) is 39.5. The lowest BCUT2D eigenvalue weighted by molar-refractivity contribution is 1.07. The molecule has 13 rings (SSSR count). The highest BCUT2D eigenvalue weighted by atomic mass is 15.1. The average molecular weight is 934 g/mol. The van der Waals surface area contributed by atoms with Crippen molar-refractivity contribution in [3.05, 3.63) is 261 Å². The zero-order chi connectivity index (χ0) is 48.5. The van der Waals surface area contributed by atoms with Crippen LogP contribution in [0.2, 0.25) is 0 Å². The van der Waals surface area contributed by atoms with Crippen LogP contribution >= 0.6 is 0 Å². The summed E-state index contributed by atoms with van der Waals surface area (Å²) >= 11 is 0. The van der Waals surface area contributed by atoms with E-state index in [-0.39, 0.29) is 0 Å². The van der Waals surface area contributed by atoms with Crippen LogP contribution in [-0.2, 0) is 0 Å². The van der Waals surface area contributed by atoms with E-state index in [1.165, 1.54) is 32.7 Å². The number of hydrogen-bond acceptors (Lipinski definition) is 7. The fourth-order valence-electron chi connectivity index (χ4n) is 9.67. The second-order valence-corrected chi connectivity index (χ2v) is 17.9. The van der Waals surface area contributed by atoms with Gasteiger partial charge in [-0.15, -0.1) is 0 Å². The van der Waals surface area contributed by atoms with E-state index < -0.39 is 0 Å². The molecule has 13 aromatic rings. The minimum atomic E-state index is 0.595. The van der Waals surface area contributed by atoms with Crippen LogP contribution in [0.4, 0.5) is 17.1 Å². The maximum atomic E-state index is 5.02. The summed E-state index contributed by atoms with van der Waals surface area (Å²) in [4.78, 5) is 32.2. The molecule has 0 atom stereocenters. The molecule has 2 aromatic heterocycles. The Balaban J connectivity index is 0.914. The number of benzene rings is 11. The molecule has 73 heavy (non-hydrogen) atoms. The number of fused-ring (bicyclic) bond motifs is 4. The third kappa shape index (κ3) is 8.51. The van der Waals surface area contributed by atoms with Gasteiger partial charge in [-0.3, -0.25) is 0 Å². The van der Waals surface area contributed by atoms with Gasteiger partial charge >= 0.3 is 0 Å². The van der Waals surface area contributed by atoms with Gasteiger partial charge in [-0.1, -0.05) is 188 Å². The number of anilines is 3. The minimum Gasteiger partial charge on any atom is -0.310 e. The minimum absolute atomic E-state index is 0.595. The third-order valence-corrected chi connectivity index (χ3v) is 13.3. The lowest BCUT2D eigenvalue weighted by Gasteiger charge is -2.26. The lowest BCUT2D eigenvalue weighted by atomic mass is 9.92. The molecule has 0 aliphatic carbocycles. The number of nitrogens with zero attached hydrogens (tertiary/aromatic N) is 7. The predicted octanol–water partition coefficient (Wildman–Crippen LogP) is 16.7. The summed E-state index contributed by atoms with van der Waals surface area (Å²) in [6, 6.07) is 90.4. The van der Waals surface area contributed by atoms with E-state index in [1.807, 2.05) is 121 Å². The molecule has 0 fully saturated rings. The Labute approximate surface area is 422 Å². The zero-order valence-corrected chi connectivity index (χ0v) is 39.5. The largest absolute Gasteiger partial charge is 0.310 e. The van der Waals surface area contributed by atoms with Crippen LogP contribution in [0.5, 0.6) is 0 Å². The summed E-state index contributed by atoms with van der Waals surface area (Å²) in [7, 11) is 0. The quantitative estimate of drug-likeness (QED) is 0.126. The summed E-state index contributed by atoms with van der Waals surface area (Å²) in [5.74, 6) is 3.67. The number of hydrogen-bond donors (Lipinski definition) is 0. The van der Waals surface area contributed by atoms with Crippen molar-refractivity contribution in [2.45, 2.75) is 0 Å². The molecule has 0 aliphatic heterocycles. The summed E-state index contributed by atoms with van der Waals surface area (Å²) in [6.07, 6.45) is 0. The summed E-state index contributed by atoms with van der Waals surface area (Å²) in [5.41, 5.74) is 10.8. The fraction of sp³-hybridized carbons (Fsp3) is 0. The molecule has 7 heteroatoms. The van der Waals surface area contributed by atoms with Crippen LogP contribution in [0.15, 0.2) is 261 Å². The van der Waals surface area contributed by atoms with Crippen LogP contribution in [0, 0.1) is 0 Å². The van der Waals surface area contributed by atoms with Crippen LogP contribution in [-0.4, -0.2) is 29.9 Å². The molecule has 0 N–H and O–H groups in total. The van der Waals surface area contributed by atoms with Gasteiger partial charge in [0.05, 0.1) is 0 Å². The van der Waals surface area contributed by atoms with Crippen molar-refractivity contribution in [1.82, 2.24) is 29.9 Å². The van der Waals surface area contributed by atoms with E-state index in [2.05, 4.69) is 144 Å². The van der Waals surface area contributed by atoms with E-state index >= 15 is 0 Å². The van der Waals surface area contributed by atoms with Gasteiger partial charge in [0, 0.05) is 50.4 Å². The first-order chi connectivity index (χ1) is 36.1. The van der Waals surface area contributed by atoms with Crippen LogP contribution in [0.3, 0.4) is 0 Å². The molecule has 0 aliphatic rings. The molecule has 0 radical (unpaired) electrons. The summed E-state index contributed by atoms with van der Waals surface area (Å²) in [6.45, 7) is 0. The van der Waals surface area contributed by atoms with Crippen LogP contribution < -0.4 is 4.90 Å². The fourth-order valence-corrected chi connectivity index (χ4v) is 9.67. The Hall–Kier alpha value is -9.98. The molecule has 0 unspecified atom stereocenters. The van der Waals surface area contributed by atoms with Crippen molar-refractivity contribution in [2.75, 3.05) is 4.90 Å². The van der Waals surface area contributed by atoms with Crippen molar-refractivity contribution in [3.63, 3.8) is 0 Å². The lowest BCUT2D eigenvalue weighted by Crippen LogP contribution is -2.10. The highest BCUT2D eigenvalue weighted by Gasteiger charge is 2.19. The highest BCUT2D eigenvalue weighted by molar-refractivity contribution is 6.14. The molecular formula is C66H43N7. The maximum Gasteiger partial charge on any atom is 0.164 e. The summed E-state index contributed by atoms with van der Waals surface area (Å²) < 4.78 is 0. The number of rotatable bonds is 10. The summed E-state index contributed by atoms with van der Waals surface area (Å²) in [5, 5.41) is 7.27. The first kappa shape index (κ1) is 43.1. The molecule has 2 heterocycles. The van der Waals surface area contributed by atoms with E-state index in [0.717, 1.165) is 61.2 Å². The van der Waals surface area contributed by atoms with Gasteiger partial charge in [0.15, 0.2) is 34.9 Å². The standard InChI is InChI=1S/C66H43N7/c1-5-17-44(18-6-1)61-67-62(45-19-7-2-8-20-45)70-65(69-61)48-31-36-54(37-32-48)73(55-38-33-49(34-39-55)66-71-63(46-21-9-3-10-22-46)68-64(72-66)47-23-11-4-12-24-47)56-40-35-50-41-53(30-29-51(50)42-56)60-43-52-25-13-14-26-57(52)58-27-15-16-28-59(58)60/h1-43H. The van der Waals surface area contributed by atoms with Crippen molar-refractivity contribution in [3.8, 4) is 79.5 Å². The molecule has 342 valence electrons. The van der Waals surface area contributed by atoms with Gasteiger partial charge in [-0.25, -0.2) is 29.9 Å². The molecule has 11 aromatic carbocycles. The topological polar surface area (TPSA) is 80.6 Å². The highest BCUT2D eigenvalue weighted by Crippen LogP contribution is 2.40. The Kier molecular flexibility index (Phi) is 11.1. The first-order valence-electron chi connectivity index (χ1n) is 24.3. The second kappa shape index (κ2) is 18.7. The SMILES string of the molecule is c1ccc(-c2nc(-c3ccccc3)nc(-c3ccc(N(c4ccc(-c5nc(-c6ccccc6)nc(-c6ccccc6)n5)cc4)c4ccc5cc(-c6cc7ccccc7c7ccccc67)ccc5c4)cc3)n2)cc1. The maximum absolute atomic E-state index is 5.02. The van der Waals surface area contributed by atoms with Gasteiger partial charge in [0.1, 0.15) is 0 Å². The Morgan fingerprint density at radius 2 is 0.534 bits per heavy atom. The van der Waals surface area contributed by atoms with Gasteiger partial charge in [0.25, 0.3) is 0 Å². The average Bonchev–Trinajstić information content (AvgIpc) is 3.48.